The molecule has 0 spiro atoms. The zero-order chi connectivity index (χ0) is 13.0. The van der Waals surface area contributed by atoms with Gasteiger partial charge in [0.25, 0.3) is 0 Å². The average molecular weight is 252 g/mol. The number of hydrogen-bond acceptors (Lipinski definition) is 1. The van der Waals surface area contributed by atoms with Gasteiger partial charge in [0.15, 0.2) is 0 Å². The Morgan fingerprint density at radius 3 is 1.82 bits per heavy atom. The Bertz CT molecular complexity index is 304. The molecule has 0 saturated heterocycles. The lowest BCUT2D eigenvalue weighted by Gasteiger charge is -2.08. The van der Waals surface area contributed by atoms with E-state index in [9.17, 15) is 0 Å². The van der Waals surface area contributed by atoms with Crippen LogP contribution in [0.2, 0.25) is 0 Å². The summed E-state index contributed by atoms with van der Waals surface area (Å²) >= 11 is 2.06. The highest BCUT2D eigenvalue weighted by Crippen LogP contribution is 2.29. The van der Waals surface area contributed by atoms with Crippen LogP contribution in [-0.2, 0) is 19.3 Å². The summed E-state index contributed by atoms with van der Waals surface area (Å²) in [5.74, 6) is 2.31. The van der Waals surface area contributed by atoms with Crippen LogP contribution in [0.3, 0.4) is 0 Å². The fraction of sp³-hybridized carbons (Fsp3) is 0.750. The van der Waals surface area contributed by atoms with E-state index < -0.39 is 0 Å². The highest BCUT2D eigenvalue weighted by molar-refractivity contribution is 7.12. The zero-order valence-corrected chi connectivity index (χ0v) is 13.2. The standard InChI is InChI=1S/C16H28S/c1-11(2)7-14-10-15(8-12(3)4)17-16(14)9-13(5)6/h10-13H,7-9H2,1-6H3. The SMILES string of the molecule is CC(C)Cc1cc(CC(C)C)c(CC(C)C)s1. The number of thiophene rings is 1. The largest absolute Gasteiger partial charge is 0.145 e. The van der Waals surface area contributed by atoms with E-state index in [2.05, 4.69) is 58.9 Å². The van der Waals surface area contributed by atoms with Gasteiger partial charge in [0, 0.05) is 9.75 Å². The van der Waals surface area contributed by atoms with Gasteiger partial charge in [-0.05, 0) is 48.6 Å². The summed E-state index contributed by atoms with van der Waals surface area (Å²) in [7, 11) is 0. The summed E-state index contributed by atoms with van der Waals surface area (Å²) in [4.78, 5) is 3.23. The van der Waals surface area contributed by atoms with Crippen molar-refractivity contribution in [3.8, 4) is 0 Å². The first kappa shape index (κ1) is 14.8. The van der Waals surface area contributed by atoms with Crippen LogP contribution in [0.1, 0.15) is 56.9 Å². The van der Waals surface area contributed by atoms with Crippen molar-refractivity contribution < 1.29 is 0 Å². The van der Waals surface area contributed by atoms with Gasteiger partial charge in [0.05, 0.1) is 0 Å². The molecule has 1 rings (SSSR count). The molecule has 0 aliphatic heterocycles. The van der Waals surface area contributed by atoms with Crippen molar-refractivity contribution in [1.82, 2.24) is 0 Å². The van der Waals surface area contributed by atoms with E-state index in [4.69, 9.17) is 0 Å². The monoisotopic (exact) mass is 252 g/mol. The minimum absolute atomic E-state index is 0.766. The van der Waals surface area contributed by atoms with Crippen LogP contribution in [0.5, 0.6) is 0 Å². The van der Waals surface area contributed by atoms with Crippen LogP contribution in [0.25, 0.3) is 0 Å². The Morgan fingerprint density at radius 1 is 0.824 bits per heavy atom. The summed E-state index contributed by atoms with van der Waals surface area (Å²) in [6.45, 7) is 13.9. The van der Waals surface area contributed by atoms with Gasteiger partial charge < -0.3 is 0 Å². The molecule has 0 unspecified atom stereocenters. The topological polar surface area (TPSA) is 0 Å². The Morgan fingerprint density at radius 2 is 1.35 bits per heavy atom. The van der Waals surface area contributed by atoms with Crippen molar-refractivity contribution in [2.45, 2.75) is 60.8 Å². The maximum Gasteiger partial charge on any atom is 0.00828 e. The lowest BCUT2D eigenvalue weighted by molar-refractivity contribution is 0.622. The first-order chi connectivity index (χ1) is 7.88. The van der Waals surface area contributed by atoms with E-state index in [0.717, 1.165) is 17.8 Å². The lowest BCUT2D eigenvalue weighted by atomic mass is 9.99. The Kier molecular flexibility index (Phi) is 5.72. The minimum atomic E-state index is 0.766. The van der Waals surface area contributed by atoms with Crippen LogP contribution >= 0.6 is 11.3 Å². The summed E-state index contributed by atoms with van der Waals surface area (Å²) < 4.78 is 0. The maximum absolute atomic E-state index is 2.47. The van der Waals surface area contributed by atoms with Crippen LogP contribution < -0.4 is 0 Å². The van der Waals surface area contributed by atoms with Gasteiger partial charge >= 0.3 is 0 Å². The second-order valence-corrected chi connectivity index (χ2v) is 7.68. The van der Waals surface area contributed by atoms with Crippen LogP contribution in [0.15, 0.2) is 6.07 Å². The van der Waals surface area contributed by atoms with Crippen molar-refractivity contribution in [1.29, 1.82) is 0 Å². The summed E-state index contributed by atoms with van der Waals surface area (Å²) in [6.07, 6.45) is 3.75. The highest BCUT2D eigenvalue weighted by atomic mass is 32.1. The molecule has 0 amide bonds. The van der Waals surface area contributed by atoms with Gasteiger partial charge in [-0.1, -0.05) is 41.5 Å². The third kappa shape index (κ3) is 5.25. The second-order valence-electron chi connectivity index (χ2n) is 6.46. The number of rotatable bonds is 6. The van der Waals surface area contributed by atoms with Crippen LogP contribution in [-0.4, -0.2) is 0 Å². The first-order valence-electron chi connectivity index (χ1n) is 6.99. The van der Waals surface area contributed by atoms with Crippen molar-refractivity contribution in [2.24, 2.45) is 17.8 Å². The number of hydrogen-bond donors (Lipinski definition) is 0. The highest BCUT2D eigenvalue weighted by Gasteiger charge is 2.12. The molecule has 0 bridgehead atoms. The third-order valence-corrected chi connectivity index (χ3v) is 4.00. The fourth-order valence-corrected chi connectivity index (χ4v) is 3.81. The van der Waals surface area contributed by atoms with Crippen molar-refractivity contribution in [3.63, 3.8) is 0 Å². The molecule has 0 nitrogen and oxygen atoms in total. The molecule has 17 heavy (non-hydrogen) atoms. The maximum atomic E-state index is 2.47. The third-order valence-electron chi connectivity index (χ3n) is 2.78. The van der Waals surface area contributed by atoms with Crippen molar-refractivity contribution in [2.75, 3.05) is 0 Å². The van der Waals surface area contributed by atoms with E-state index in [1.54, 1.807) is 15.3 Å². The predicted molar refractivity (Wildman–Crippen MR) is 79.9 cm³/mol. The normalized spacial score (nSPS) is 12.1. The molecular formula is C16H28S. The van der Waals surface area contributed by atoms with E-state index in [0.29, 0.717) is 0 Å². The molecule has 0 atom stereocenters. The summed E-state index contributed by atoms with van der Waals surface area (Å²) in [5.41, 5.74) is 1.62. The zero-order valence-electron chi connectivity index (χ0n) is 12.3. The van der Waals surface area contributed by atoms with Gasteiger partial charge in [-0.3, -0.25) is 0 Å². The Balaban J connectivity index is 2.86. The molecular weight excluding hydrogens is 224 g/mol. The van der Waals surface area contributed by atoms with Crippen LogP contribution in [0, 0.1) is 17.8 Å². The van der Waals surface area contributed by atoms with Gasteiger partial charge in [0.2, 0.25) is 0 Å². The molecule has 1 heterocycles. The summed E-state index contributed by atoms with van der Waals surface area (Å²) in [6, 6.07) is 2.47. The van der Waals surface area contributed by atoms with E-state index >= 15 is 0 Å². The summed E-state index contributed by atoms with van der Waals surface area (Å²) in [5, 5.41) is 0. The van der Waals surface area contributed by atoms with E-state index in [1.165, 1.54) is 19.3 Å². The molecule has 0 fully saturated rings. The van der Waals surface area contributed by atoms with Gasteiger partial charge in [-0.15, -0.1) is 11.3 Å². The molecule has 0 N–H and O–H groups in total. The Hall–Kier alpha value is -0.300. The van der Waals surface area contributed by atoms with Gasteiger partial charge in [-0.25, -0.2) is 0 Å². The predicted octanol–water partition coefficient (Wildman–Crippen LogP) is 5.34. The molecule has 0 radical (unpaired) electrons. The molecule has 1 heteroatoms. The lowest BCUT2D eigenvalue weighted by Crippen LogP contribution is -1.99. The fourth-order valence-electron chi connectivity index (χ4n) is 2.19. The molecule has 0 aliphatic carbocycles. The van der Waals surface area contributed by atoms with Crippen molar-refractivity contribution >= 4 is 11.3 Å². The molecule has 0 aliphatic rings. The molecule has 1 aromatic heterocycles. The quantitative estimate of drug-likeness (QED) is 0.641. The van der Waals surface area contributed by atoms with Gasteiger partial charge in [0.1, 0.15) is 0 Å². The Labute approximate surface area is 111 Å². The van der Waals surface area contributed by atoms with Crippen molar-refractivity contribution in [3.05, 3.63) is 21.4 Å². The van der Waals surface area contributed by atoms with Gasteiger partial charge in [-0.2, -0.15) is 0 Å². The second kappa shape index (κ2) is 6.58. The molecule has 0 aromatic carbocycles. The van der Waals surface area contributed by atoms with E-state index in [-0.39, 0.29) is 0 Å². The van der Waals surface area contributed by atoms with E-state index in [1.807, 2.05) is 0 Å². The first-order valence-corrected chi connectivity index (χ1v) is 7.80. The molecule has 1 aromatic rings. The van der Waals surface area contributed by atoms with Crippen LogP contribution in [0.4, 0.5) is 0 Å². The smallest absolute Gasteiger partial charge is 0.00828 e. The molecule has 98 valence electrons. The molecule has 0 saturated carbocycles. The average Bonchev–Trinajstić information content (AvgIpc) is 2.44. The minimum Gasteiger partial charge on any atom is -0.145 e.